The minimum atomic E-state index is -0.270. The smallest absolute Gasteiger partial charge is 0.271 e. The second kappa shape index (κ2) is 10.4. The molecule has 6 heteroatoms. The molecule has 0 unspecified atom stereocenters. The second-order valence-electron chi connectivity index (χ2n) is 7.80. The van der Waals surface area contributed by atoms with E-state index in [4.69, 9.17) is 9.73 Å². The summed E-state index contributed by atoms with van der Waals surface area (Å²) in [5.41, 5.74) is 3.32. The van der Waals surface area contributed by atoms with E-state index in [0.29, 0.717) is 22.4 Å². The summed E-state index contributed by atoms with van der Waals surface area (Å²) in [5, 5.41) is 0.609. The lowest BCUT2D eigenvalue weighted by Gasteiger charge is -2.15. The number of ether oxygens (including phenoxy) is 1. The summed E-state index contributed by atoms with van der Waals surface area (Å²) in [4.78, 5) is 20.3. The molecule has 0 saturated carbocycles. The van der Waals surface area contributed by atoms with Crippen LogP contribution in [0.25, 0.3) is 6.08 Å². The Morgan fingerprint density at radius 2 is 1.49 bits per heavy atom. The number of benzene rings is 4. The second-order valence-corrected chi connectivity index (χ2v) is 8.81. The van der Waals surface area contributed by atoms with Crippen molar-refractivity contribution in [2.45, 2.75) is 6.61 Å². The van der Waals surface area contributed by atoms with Crippen LogP contribution < -0.4 is 9.64 Å². The SMILES string of the molecule is O=C1/C(=C\c2ccc(OCc3ccc(F)cc3)cc2)SC(=Nc2ccccc2)N1c1ccccc1. The Morgan fingerprint density at radius 1 is 0.829 bits per heavy atom. The Morgan fingerprint density at radius 3 is 2.17 bits per heavy atom. The van der Waals surface area contributed by atoms with Crippen molar-refractivity contribution in [3.63, 3.8) is 0 Å². The Hall–Kier alpha value is -4.16. The summed E-state index contributed by atoms with van der Waals surface area (Å²) in [7, 11) is 0. The molecule has 0 aliphatic carbocycles. The largest absolute Gasteiger partial charge is 0.489 e. The molecule has 1 heterocycles. The van der Waals surface area contributed by atoms with Gasteiger partial charge in [-0.15, -0.1) is 0 Å². The first-order chi connectivity index (χ1) is 17.2. The van der Waals surface area contributed by atoms with Gasteiger partial charge in [0.15, 0.2) is 5.17 Å². The van der Waals surface area contributed by atoms with Gasteiger partial charge in [-0.3, -0.25) is 9.69 Å². The molecular weight excluding hydrogens is 459 g/mol. The number of aliphatic imine (C=N–C) groups is 1. The van der Waals surface area contributed by atoms with Gasteiger partial charge in [-0.2, -0.15) is 0 Å². The number of nitrogens with zero attached hydrogens (tertiary/aromatic N) is 2. The van der Waals surface area contributed by atoms with Crippen molar-refractivity contribution < 1.29 is 13.9 Å². The average molecular weight is 481 g/mol. The van der Waals surface area contributed by atoms with Crippen LogP contribution in [0.1, 0.15) is 11.1 Å². The lowest BCUT2D eigenvalue weighted by atomic mass is 10.2. The van der Waals surface area contributed by atoms with Crippen LogP contribution in [0.5, 0.6) is 5.75 Å². The number of rotatable bonds is 6. The topological polar surface area (TPSA) is 41.9 Å². The maximum absolute atomic E-state index is 13.4. The molecule has 172 valence electrons. The number of anilines is 1. The number of carbonyl (C=O) groups is 1. The molecule has 0 atom stereocenters. The minimum absolute atomic E-state index is 0.118. The maximum Gasteiger partial charge on any atom is 0.271 e. The first kappa shape index (κ1) is 22.6. The summed E-state index contributed by atoms with van der Waals surface area (Å²) in [5.74, 6) is 0.305. The predicted octanol–water partition coefficient (Wildman–Crippen LogP) is 7.21. The van der Waals surface area contributed by atoms with Crippen LogP contribution in [0.3, 0.4) is 0 Å². The molecule has 1 amide bonds. The van der Waals surface area contributed by atoms with Crippen LogP contribution in [-0.2, 0) is 11.4 Å². The fourth-order valence-corrected chi connectivity index (χ4v) is 4.53. The van der Waals surface area contributed by atoms with Crippen molar-refractivity contribution >= 4 is 40.3 Å². The van der Waals surface area contributed by atoms with Gasteiger partial charge in [0.2, 0.25) is 0 Å². The lowest BCUT2D eigenvalue weighted by Crippen LogP contribution is -2.28. The number of halogens is 1. The molecule has 0 bridgehead atoms. The molecule has 4 aromatic carbocycles. The van der Waals surface area contributed by atoms with Crippen molar-refractivity contribution in [3.8, 4) is 5.75 Å². The molecule has 1 saturated heterocycles. The fraction of sp³-hybridized carbons (Fsp3) is 0.0345. The van der Waals surface area contributed by atoms with E-state index in [9.17, 15) is 9.18 Å². The van der Waals surface area contributed by atoms with Crippen molar-refractivity contribution in [3.05, 3.63) is 131 Å². The molecule has 5 rings (SSSR count). The van der Waals surface area contributed by atoms with E-state index in [2.05, 4.69) is 0 Å². The molecule has 0 radical (unpaired) electrons. The number of para-hydroxylation sites is 2. The summed E-state index contributed by atoms with van der Waals surface area (Å²) in [6, 6.07) is 32.9. The van der Waals surface area contributed by atoms with Crippen molar-refractivity contribution in [1.29, 1.82) is 0 Å². The van der Waals surface area contributed by atoms with Gasteiger partial charge >= 0.3 is 0 Å². The van der Waals surface area contributed by atoms with Crippen LogP contribution >= 0.6 is 11.8 Å². The van der Waals surface area contributed by atoms with E-state index >= 15 is 0 Å². The van der Waals surface area contributed by atoms with Crippen molar-refractivity contribution in [1.82, 2.24) is 0 Å². The number of carbonyl (C=O) groups excluding carboxylic acids is 1. The monoisotopic (exact) mass is 480 g/mol. The highest BCUT2D eigenvalue weighted by molar-refractivity contribution is 8.19. The molecule has 1 aliphatic heterocycles. The molecule has 4 nitrogen and oxygen atoms in total. The molecule has 35 heavy (non-hydrogen) atoms. The molecule has 4 aromatic rings. The van der Waals surface area contributed by atoms with Crippen molar-refractivity contribution in [2.24, 2.45) is 4.99 Å². The Balaban J connectivity index is 1.36. The predicted molar refractivity (Wildman–Crippen MR) is 140 cm³/mol. The number of hydrogen-bond acceptors (Lipinski definition) is 4. The van der Waals surface area contributed by atoms with Gasteiger partial charge in [0.1, 0.15) is 18.2 Å². The van der Waals surface area contributed by atoms with Crippen LogP contribution in [0.2, 0.25) is 0 Å². The zero-order valence-corrected chi connectivity index (χ0v) is 19.5. The van der Waals surface area contributed by atoms with Gasteiger partial charge in [-0.1, -0.05) is 60.7 Å². The van der Waals surface area contributed by atoms with Gasteiger partial charge < -0.3 is 4.74 Å². The summed E-state index contributed by atoms with van der Waals surface area (Å²) >= 11 is 1.35. The van der Waals surface area contributed by atoms with E-state index in [-0.39, 0.29) is 11.7 Å². The summed E-state index contributed by atoms with van der Waals surface area (Å²) in [6.07, 6.45) is 1.86. The first-order valence-electron chi connectivity index (χ1n) is 11.1. The number of amides is 1. The summed E-state index contributed by atoms with van der Waals surface area (Å²) < 4.78 is 18.9. The molecule has 0 N–H and O–H groups in total. The Bertz CT molecular complexity index is 1370. The van der Waals surface area contributed by atoms with Crippen LogP contribution in [0.15, 0.2) is 119 Å². The van der Waals surface area contributed by atoms with Crippen LogP contribution in [0, 0.1) is 5.82 Å². The standard InChI is InChI=1S/C29H21FN2O2S/c30-23-15-11-22(12-16-23)20-34-26-17-13-21(14-18-26)19-27-28(33)32(25-9-5-2-6-10-25)29(35-27)31-24-7-3-1-4-8-24/h1-19H,20H2/b27-19+,31-29?. The highest BCUT2D eigenvalue weighted by atomic mass is 32.2. The van der Waals surface area contributed by atoms with Crippen LogP contribution in [0.4, 0.5) is 15.8 Å². The third-order valence-corrected chi connectivity index (χ3v) is 6.27. The lowest BCUT2D eigenvalue weighted by molar-refractivity contribution is -0.113. The Labute approximate surface area is 207 Å². The van der Waals surface area contributed by atoms with Gasteiger partial charge in [0.05, 0.1) is 16.3 Å². The average Bonchev–Trinajstić information content (AvgIpc) is 3.19. The molecule has 1 aliphatic rings. The normalized spacial score (nSPS) is 15.7. The van der Waals surface area contributed by atoms with E-state index in [0.717, 1.165) is 22.5 Å². The zero-order valence-electron chi connectivity index (χ0n) is 18.7. The highest BCUT2D eigenvalue weighted by Crippen LogP contribution is 2.37. The molecule has 0 aromatic heterocycles. The third-order valence-electron chi connectivity index (χ3n) is 5.30. The molecule has 1 fully saturated rings. The van der Waals surface area contributed by atoms with Crippen molar-refractivity contribution in [2.75, 3.05) is 4.90 Å². The van der Waals surface area contributed by atoms with E-state index in [1.165, 1.54) is 23.9 Å². The van der Waals surface area contributed by atoms with E-state index in [1.807, 2.05) is 91.0 Å². The van der Waals surface area contributed by atoms with E-state index in [1.54, 1.807) is 17.0 Å². The van der Waals surface area contributed by atoms with Crippen LogP contribution in [-0.4, -0.2) is 11.1 Å². The summed E-state index contributed by atoms with van der Waals surface area (Å²) in [6.45, 7) is 0.348. The Kier molecular flexibility index (Phi) is 6.73. The zero-order chi connectivity index (χ0) is 24.0. The van der Waals surface area contributed by atoms with Gasteiger partial charge in [-0.05, 0) is 77.5 Å². The number of thioether (sulfide) groups is 1. The molecular formula is C29H21FN2O2S. The van der Waals surface area contributed by atoms with Gasteiger partial charge in [0, 0.05) is 0 Å². The highest BCUT2D eigenvalue weighted by Gasteiger charge is 2.34. The van der Waals surface area contributed by atoms with E-state index < -0.39 is 0 Å². The number of hydrogen-bond donors (Lipinski definition) is 0. The quantitative estimate of drug-likeness (QED) is 0.274. The first-order valence-corrected chi connectivity index (χ1v) is 11.9. The van der Waals surface area contributed by atoms with Gasteiger partial charge in [-0.25, -0.2) is 9.38 Å². The molecule has 0 spiro atoms. The number of amidine groups is 1. The third kappa shape index (κ3) is 5.50. The van der Waals surface area contributed by atoms with Gasteiger partial charge in [0.25, 0.3) is 5.91 Å². The maximum atomic E-state index is 13.4. The fourth-order valence-electron chi connectivity index (χ4n) is 3.53. The minimum Gasteiger partial charge on any atom is -0.489 e.